The molecule has 0 spiro atoms. The first-order chi connectivity index (χ1) is 14.9. The van der Waals surface area contributed by atoms with E-state index in [0.717, 1.165) is 50.8 Å². The van der Waals surface area contributed by atoms with Crippen LogP contribution in [-0.4, -0.2) is 76.6 Å². The molecule has 0 radical (unpaired) electrons. The van der Waals surface area contributed by atoms with Gasteiger partial charge in [-0.15, -0.1) is 0 Å². The first kappa shape index (κ1) is 21.8. The summed E-state index contributed by atoms with van der Waals surface area (Å²) < 4.78 is 14.1. The number of aryl methyl sites for hydroxylation is 1. The molecule has 2 fully saturated rings. The van der Waals surface area contributed by atoms with E-state index < -0.39 is 6.61 Å². The number of aromatic nitrogens is 1. The Morgan fingerprint density at radius 3 is 2.87 bits per heavy atom. The molecule has 2 amide bonds. The van der Waals surface area contributed by atoms with Gasteiger partial charge in [-0.2, -0.15) is 0 Å². The van der Waals surface area contributed by atoms with Gasteiger partial charge in [0.25, 0.3) is 5.91 Å². The van der Waals surface area contributed by atoms with E-state index in [1.807, 2.05) is 6.92 Å². The summed E-state index contributed by atoms with van der Waals surface area (Å²) >= 11 is 0. The van der Waals surface area contributed by atoms with Gasteiger partial charge in [-0.3, -0.25) is 14.5 Å². The maximum Gasteiger partial charge on any atom is 0.267 e. The Morgan fingerprint density at radius 1 is 1.32 bits per heavy atom. The van der Waals surface area contributed by atoms with Crippen molar-refractivity contribution in [1.29, 1.82) is 0 Å². The summed E-state index contributed by atoms with van der Waals surface area (Å²) in [6.45, 7) is 3.15. The molecule has 1 saturated carbocycles. The van der Waals surface area contributed by atoms with Crippen molar-refractivity contribution in [1.82, 2.24) is 20.1 Å². The Hall–Kier alpha value is -2.45. The van der Waals surface area contributed by atoms with Crippen molar-refractivity contribution in [2.75, 3.05) is 26.7 Å². The predicted octanol–water partition coefficient (Wildman–Crippen LogP) is 2.18. The lowest BCUT2D eigenvalue weighted by Crippen LogP contribution is -2.47. The number of nitrogens with one attached hydrogen (secondary N) is 2. The number of halogens is 1. The van der Waals surface area contributed by atoms with Crippen molar-refractivity contribution >= 4 is 22.7 Å². The third kappa shape index (κ3) is 4.45. The molecule has 3 N–H and O–H groups in total. The van der Waals surface area contributed by atoms with E-state index in [2.05, 4.69) is 15.2 Å². The topological polar surface area (TPSA) is 88.7 Å². The predicted molar refractivity (Wildman–Crippen MR) is 116 cm³/mol. The van der Waals surface area contributed by atoms with Crippen LogP contribution in [0.2, 0.25) is 0 Å². The lowest BCUT2D eigenvalue weighted by Gasteiger charge is -2.36. The standard InChI is InChI=1S/C23H31FN4O3/c1-14-6-7-19(24)18-11-20(26-22(14)18)23(31)25-15-4-3-5-16(10-15)28-9-8-17(12-28)27(2)21(30)13-29/h6-7,11,15-17,26,29H,3-5,8-10,12-13H2,1-2H3,(H,25,31)/t15-,16+,17-/m1/s1. The number of likely N-dealkylation sites (tertiary alicyclic amines) is 1. The molecule has 2 aliphatic rings. The molecule has 1 aliphatic heterocycles. The van der Waals surface area contributed by atoms with Crippen LogP contribution in [0.15, 0.2) is 18.2 Å². The first-order valence-electron chi connectivity index (χ1n) is 11.1. The second-order valence-electron chi connectivity index (χ2n) is 8.93. The van der Waals surface area contributed by atoms with Gasteiger partial charge in [-0.25, -0.2) is 4.39 Å². The minimum atomic E-state index is -0.457. The van der Waals surface area contributed by atoms with Gasteiger partial charge in [0.05, 0.1) is 5.52 Å². The molecule has 0 bridgehead atoms. The smallest absolute Gasteiger partial charge is 0.267 e. The summed E-state index contributed by atoms with van der Waals surface area (Å²) in [5.41, 5.74) is 1.95. The second kappa shape index (κ2) is 8.96. The zero-order valence-electron chi connectivity index (χ0n) is 18.2. The van der Waals surface area contributed by atoms with E-state index in [1.54, 1.807) is 24.1 Å². The molecule has 31 heavy (non-hydrogen) atoms. The van der Waals surface area contributed by atoms with Crippen LogP contribution in [-0.2, 0) is 4.79 Å². The third-order valence-electron chi connectivity index (χ3n) is 6.96. The summed E-state index contributed by atoms with van der Waals surface area (Å²) in [7, 11) is 1.75. The summed E-state index contributed by atoms with van der Waals surface area (Å²) in [4.78, 5) is 31.8. The zero-order valence-corrected chi connectivity index (χ0v) is 18.2. The molecule has 3 atom stereocenters. The van der Waals surface area contributed by atoms with Crippen molar-refractivity contribution in [3.8, 4) is 0 Å². The van der Waals surface area contributed by atoms with Crippen LogP contribution in [0.1, 0.15) is 48.2 Å². The van der Waals surface area contributed by atoms with E-state index in [0.29, 0.717) is 22.6 Å². The number of likely N-dealkylation sites (N-methyl/N-ethyl adjacent to an activating group) is 1. The Bertz CT molecular complexity index is 936. The summed E-state index contributed by atoms with van der Waals surface area (Å²) in [6.07, 6.45) is 4.80. The third-order valence-corrected chi connectivity index (χ3v) is 6.96. The Morgan fingerprint density at radius 2 is 2.13 bits per heavy atom. The Kier molecular flexibility index (Phi) is 6.29. The quantitative estimate of drug-likeness (QED) is 0.679. The van der Waals surface area contributed by atoms with Gasteiger partial charge in [0.15, 0.2) is 0 Å². The van der Waals surface area contributed by atoms with Crippen molar-refractivity contribution in [2.45, 2.75) is 57.2 Å². The molecule has 1 saturated heterocycles. The largest absolute Gasteiger partial charge is 0.387 e. The SMILES string of the molecule is Cc1ccc(F)c2cc(C(=O)N[C@@H]3CCC[C@H](N4CC[C@@H](N(C)C(=O)CO)C4)C3)[nH]c12. The number of hydrogen-bond acceptors (Lipinski definition) is 4. The van der Waals surface area contributed by atoms with E-state index in [1.165, 1.54) is 6.07 Å². The average molecular weight is 431 g/mol. The number of aliphatic hydroxyl groups excluding tert-OH is 1. The van der Waals surface area contributed by atoms with Crippen LogP contribution in [0.3, 0.4) is 0 Å². The lowest BCUT2D eigenvalue weighted by molar-refractivity contribution is -0.134. The number of H-pyrrole nitrogens is 1. The highest BCUT2D eigenvalue weighted by Crippen LogP contribution is 2.28. The van der Waals surface area contributed by atoms with E-state index >= 15 is 0 Å². The second-order valence-corrected chi connectivity index (χ2v) is 8.93. The van der Waals surface area contributed by atoms with E-state index in [9.17, 15) is 14.0 Å². The van der Waals surface area contributed by atoms with Gasteiger partial charge in [0.1, 0.15) is 18.1 Å². The van der Waals surface area contributed by atoms with Gasteiger partial charge < -0.3 is 20.3 Å². The lowest BCUT2D eigenvalue weighted by atomic mass is 9.90. The molecular weight excluding hydrogens is 399 g/mol. The van der Waals surface area contributed by atoms with Crippen LogP contribution in [0, 0.1) is 12.7 Å². The van der Waals surface area contributed by atoms with Crippen LogP contribution in [0.25, 0.3) is 10.9 Å². The molecule has 1 aromatic heterocycles. The molecule has 1 aliphatic carbocycles. The zero-order chi connectivity index (χ0) is 22.1. The Labute approximate surface area is 181 Å². The summed E-state index contributed by atoms with van der Waals surface area (Å²) in [5.74, 6) is -0.777. The minimum absolute atomic E-state index is 0.0689. The van der Waals surface area contributed by atoms with Crippen LogP contribution < -0.4 is 5.32 Å². The molecule has 4 rings (SSSR count). The highest BCUT2D eigenvalue weighted by Gasteiger charge is 2.34. The fourth-order valence-electron chi connectivity index (χ4n) is 5.07. The summed E-state index contributed by atoms with van der Waals surface area (Å²) in [6, 6.07) is 5.28. The van der Waals surface area contributed by atoms with Gasteiger partial charge in [0.2, 0.25) is 5.91 Å². The van der Waals surface area contributed by atoms with Gasteiger partial charge >= 0.3 is 0 Å². The molecule has 168 valence electrons. The number of fused-ring (bicyclic) bond motifs is 1. The monoisotopic (exact) mass is 430 g/mol. The van der Waals surface area contributed by atoms with E-state index in [-0.39, 0.29) is 29.7 Å². The van der Waals surface area contributed by atoms with Crippen molar-refractivity contribution < 1.29 is 19.1 Å². The first-order valence-corrected chi connectivity index (χ1v) is 11.1. The number of aromatic amines is 1. The number of carbonyl (C=O) groups is 2. The van der Waals surface area contributed by atoms with Crippen LogP contribution >= 0.6 is 0 Å². The maximum atomic E-state index is 14.1. The minimum Gasteiger partial charge on any atom is -0.387 e. The molecule has 8 heteroatoms. The number of benzene rings is 1. The molecule has 2 heterocycles. The van der Waals surface area contributed by atoms with Crippen LogP contribution in [0.5, 0.6) is 0 Å². The van der Waals surface area contributed by atoms with Gasteiger partial charge in [0, 0.05) is 43.6 Å². The number of rotatable bonds is 5. The normalized spacial score (nSPS) is 24.5. The van der Waals surface area contributed by atoms with Crippen molar-refractivity contribution in [3.05, 3.63) is 35.3 Å². The average Bonchev–Trinajstić information content (AvgIpc) is 3.44. The Balaban J connectivity index is 1.37. The molecule has 2 aromatic rings. The summed E-state index contributed by atoms with van der Waals surface area (Å²) in [5, 5.41) is 12.7. The van der Waals surface area contributed by atoms with Crippen molar-refractivity contribution in [2.24, 2.45) is 0 Å². The van der Waals surface area contributed by atoms with Gasteiger partial charge in [-0.1, -0.05) is 6.07 Å². The number of nitrogens with zero attached hydrogens (tertiary/aromatic N) is 2. The van der Waals surface area contributed by atoms with Crippen molar-refractivity contribution in [3.63, 3.8) is 0 Å². The fourth-order valence-corrected chi connectivity index (χ4v) is 5.07. The number of amides is 2. The molecule has 0 unspecified atom stereocenters. The van der Waals surface area contributed by atoms with Crippen LogP contribution in [0.4, 0.5) is 4.39 Å². The highest BCUT2D eigenvalue weighted by molar-refractivity contribution is 5.99. The van der Waals surface area contributed by atoms with E-state index in [4.69, 9.17) is 5.11 Å². The molecule has 7 nitrogen and oxygen atoms in total. The maximum absolute atomic E-state index is 14.1. The fraction of sp³-hybridized carbons (Fsp3) is 0.565. The number of hydrogen-bond donors (Lipinski definition) is 3. The molecular formula is C23H31FN4O3. The van der Waals surface area contributed by atoms with Gasteiger partial charge in [-0.05, 0) is 56.7 Å². The highest BCUT2D eigenvalue weighted by atomic mass is 19.1. The number of carbonyl (C=O) groups excluding carboxylic acids is 2. The molecule has 1 aromatic carbocycles. The number of aliphatic hydroxyl groups is 1.